The van der Waals surface area contributed by atoms with Crippen molar-refractivity contribution in [3.63, 3.8) is 0 Å². The monoisotopic (exact) mass is 246 g/mol. The van der Waals surface area contributed by atoms with Gasteiger partial charge < -0.3 is 5.73 Å². The van der Waals surface area contributed by atoms with E-state index in [1.807, 2.05) is 19.1 Å². The zero-order chi connectivity index (χ0) is 12.4. The number of nitrogens with zero attached hydrogens (tertiary/aromatic N) is 1. The Hall–Kier alpha value is -1.68. The summed E-state index contributed by atoms with van der Waals surface area (Å²) in [6.45, 7) is 4.06. The Balaban J connectivity index is 2.35. The molecular formula is C13H14N2OS. The number of carbonyl (C=O) groups is 1. The van der Waals surface area contributed by atoms with Crippen LogP contribution in [0.4, 0.5) is 0 Å². The first-order valence-electron chi connectivity index (χ1n) is 5.38. The molecule has 0 aliphatic heterocycles. The van der Waals surface area contributed by atoms with Gasteiger partial charge in [-0.05, 0) is 13.8 Å². The van der Waals surface area contributed by atoms with Crippen LogP contribution in [-0.2, 0) is 11.2 Å². The van der Waals surface area contributed by atoms with Gasteiger partial charge in [0.15, 0.2) is 0 Å². The standard InChI is InChI=1S/C13H14N2OS/c1-8-3-5-10(6-4-8)13-9(2)17-12(15-13)7-11(14)16/h3-6H,7H2,1-2H3,(H2,14,16). The predicted molar refractivity (Wildman–Crippen MR) is 69.9 cm³/mol. The van der Waals surface area contributed by atoms with Gasteiger partial charge in [-0.1, -0.05) is 29.8 Å². The molecule has 0 atom stereocenters. The van der Waals surface area contributed by atoms with Crippen molar-refractivity contribution in [2.75, 3.05) is 0 Å². The maximum absolute atomic E-state index is 10.9. The Labute approximate surface area is 104 Å². The van der Waals surface area contributed by atoms with Crippen LogP contribution < -0.4 is 5.73 Å². The molecule has 17 heavy (non-hydrogen) atoms. The van der Waals surface area contributed by atoms with E-state index in [9.17, 15) is 4.79 Å². The van der Waals surface area contributed by atoms with E-state index in [4.69, 9.17) is 5.73 Å². The van der Waals surface area contributed by atoms with Crippen LogP contribution in [0.3, 0.4) is 0 Å². The molecule has 0 saturated heterocycles. The van der Waals surface area contributed by atoms with E-state index in [1.54, 1.807) is 0 Å². The highest BCUT2D eigenvalue weighted by Gasteiger charge is 2.11. The zero-order valence-electron chi connectivity index (χ0n) is 9.86. The number of rotatable bonds is 3. The van der Waals surface area contributed by atoms with Crippen molar-refractivity contribution >= 4 is 17.2 Å². The second kappa shape index (κ2) is 4.67. The molecule has 2 N–H and O–H groups in total. The number of primary amides is 1. The van der Waals surface area contributed by atoms with Crippen LogP contribution in [0.1, 0.15) is 15.4 Å². The average molecular weight is 246 g/mol. The number of hydrogen-bond donors (Lipinski definition) is 1. The van der Waals surface area contributed by atoms with Crippen LogP contribution in [0.15, 0.2) is 24.3 Å². The van der Waals surface area contributed by atoms with Gasteiger partial charge in [0.05, 0.1) is 12.1 Å². The molecule has 0 fully saturated rings. The van der Waals surface area contributed by atoms with E-state index in [0.29, 0.717) is 0 Å². The van der Waals surface area contributed by atoms with Crippen LogP contribution in [0.5, 0.6) is 0 Å². The average Bonchev–Trinajstić information content (AvgIpc) is 2.59. The fourth-order valence-electron chi connectivity index (χ4n) is 1.66. The van der Waals surface area contributed by atoms with Crippen LogP contribution in [0.25, 0.3) is 11.3 Å². The lowest BCUT2D eigenvalue weighted by molar-refractivity contribution is -0.117. The summed E-state index contributed by atoms with van der Waals surface area (Å²) in [7, 11) is 0. The van der Waals surface area contributed by atoms with E-state index in [2.05, 4.69) is 24.0 Å². The summed E-state index contributed by atoms with van der Waals surface area (Å²) < 4.78 is 0. The highest BCUT2D eigenvalue weighted by molar-refractivity contribution is 7.12. The van der Waals surface area contributed by atoms with E-state index < -0.39 is 0 Å². The zero-order valence-corrected chi connectivity index (χ0v) is 10.7. The molecule has 3 nitrogen and oxygen atoms in total. The molecule has 0 aliphatic rings. The Morgan fingerprint density at radius 1 is 1.29 bits per heavy atom. The van der Waals surface area contributed by atoms with Crippen LogP contribution >= 0.6 is 11.3 Å². The SMILES string of the molecule is Cc1ccc(-c2nc(CC(N)=O)sc2C)cc1. The molecule has 1 aromatic carbocycles. The smallest absolute Gasteiger partial charge is 0.224 e. The highest BCUT2D eigenvalue weighted by Crippen LogP contribution is 2.27. The molecule has 88 valence electrons. The molecule has 1 amide bonds. The molecule has 0 radical (unpaired) electrons. The van der Waals surface area contributed by atoms with E-state index in [-0.39, 0.29) is 12.3 Å². The van der Waals surface area contributed by atoms with Gasteiger partial charge in [-0.25, -0.2) is 4.98 Å². The second-order valence-electron chi connectivity index (χ2n) is 4.02. The number of hydrogen-bond acceptors (Lipinski definition) is 3. The first kappa shape index (κ1) is 11.8. The molecule has 1 heterocycles. The minimum absolute atomic E-state index is 0.220. The Morgan fingerprint density at radius 3 is 2.53 bits per heavy atom. The normalized spacial score (nSPS) is 10.5. The summed E-state index contributed by atoms with van der Waals surface area (Å²) in [5, 5.41) is 0.783. The Kier molecular flexibility index (Phi) is 3.24. The summed E-state index contributed by atoms with van der Waals surface area (Å²) in [5.74, 6) is -0.339. The molecule has 0 unspecified atom stereocenters. The first-order chi connectivity index (χ1) is 8.06. The minimum atomic E-state index is -0.339. The van der Waals surface area contributed by atoms with Crippen LogP contribution in [-0.4, -0.2) is 10.9 Å². The van der Waals surface area contributed by atoms with Gasteiger partial charge in [0.1, 0.15) is 5.01 Å². The van der Waals surface area contributed by atoms with Crippen LogP contribution in [0.2, 0.25) is 0 Å². The number of thiazole rings is 1. The Morgan fingerprint density at radius 2 is 1.94 bits per heavy atom. The van der Waals surface area contributed by atoms with Crippen molar-refractivity contribution in [2.45, 2.75) is 20.3 Å². The quantitative estimate of drug-likeness (QED) is 0.904. The van der Waals surface area contributed by atoms with Crippen molar-refractivity contribution < 1.29 is 4.79 Å². The minimum Gasteiger partial charge on any atom is -0.369 e. The fraction of sp³-hybridized carbons (Fsp3) is 0.231. The first-order valence-corrected chi connectivity index (χ1v) is 6.19. The number of benzene rings is 1. The molecule has 0 spiro atoms. The summed E-state index contributed by atoms with van der Waals surface area (Å²) in [6.07, 6.45) is 0.220. The van der Waals surface area contributed by atoms with E-state index in [0.717, 1.165) is 21.1 Å². The fourth-order valence-corrected chi connectivity index (χ4v) is 2.62. The predicted octanol–water partition coefficient (Wildman–Crippen LogP) is 2.45. The van der Waals surface area contributed by atoms with Gasteiger partial charge in [0, 0.05) is 10.4 Å². The lowest BCUT2D eigenvalue weighted by Gasteiger charge is -1.99. The Bertz CT molecular complexity index is 543. The van der Waals surface area contributed by atoms with Gasteiger partial charge in [-0.3, -0.25) is 4.79 Å². The third-order valence-electron chi connectivity index (χ3n) is 2.49. The van der Waals surface area contributed by atoms with Crippen molar-refractivity contribution in [1.29, 1.82) is 0 Å². The molecule has 1 aromatic heterocycles. The second-order valence-corrected chi connectivity index (χ2v) is 5.31. The number of nitrogens with two attached hydrogens (primary N) is 1. The van der Waals surface area contributed by atoms with Crippen LogP contribution in [0, 0.1) is 13.8 Å². The lowest BCUT2D eigenvalue weighted by Crippen LogP contribution is -2.13. The molecule has 0 saturated carbocycles. The summed E-state index contributed by atoms with van der Waals surface area (Å²) >= 11 is 1.53. The maximum Gasteiger partial charge on any atom is 0.224 e. The largest absolute Gasteiger partial charge is 0.369 e. The summed E-state index contributed by atoms with van der Waals surface area (Å²) in [5.41, 5.74) is 8.43. The molecular weight excluding hydrogens is 232 g/mol. The third-order valence-corrected chi connectivity index (χ3v) is 3.46. The third kappa shape index (κ3) is 2.71. The number of aromatic nitrogens is 1. The number of amides is 1. The number of carbonyl (C=O) groups excluding carboxylic acids is 1. The van der Waals surface area contributed by atoms with Crippen molar-refractivity contribution in [3.8, 4) is 11.3 Å². The molecule has 0 bridgehead atoms. The lowest BCUT2D eigenvalue weighted by atomic mass is 10.1. The van der Waals surface area contributed by atoms with Gasteiger partial charge in [-0.2, -0.15) is 0 Å². The summed E-state index contributed by atoms with van der Waals surface area (Å²) in [4.78, 5) is 16.4. The maximum atomic E-state index is 10.9. The summed E-state index contributed by atoms with van der Waals surface area (Å²) in [6, 6.07) is 8.21. The molecule has 0 aliphatic carbocycles. The molecule has 2 rings (SSSR count). The highest BCUT2D eigenvalue weighted by atomic mass is 32.1. The molecule has 2 aromatic rings. The van der Waals surface area contributed by atoms with Gasteiger partial charge >= 0.3 is 0 Å². The van der Waals surface area contributed by atoms with Crippen molar-refractivity contribution in [1.82, 2.24) is 4.98 Å². The topological polar surface area (TPSA) is 56.0 Å². The van der Waals surface area contributed by atoms with E-state index >= 15 is 0 Å². The molecule has 4 heteroatoms. The van der Waals surface area contributed by atoms with E-state index in [1.165, 1.54) is 16.9 Å². The van der Waals surface area contributed by atoms with Gasteiger partial charge in [-0.15, -0.1) is 11.3 Å². The van der Waals surface area contributed by atoms with Gasteiger partial charge in [0.25, 0.3) is 0 Å². The van der Waals surface area contributed by atoms with Crippen molar-refractivity contribution in [3.05, 3.63) is 39.7 Å². The number of aryl methyl sites for hydroxylation is 2. The van der Waals surface area contributed by atoms with Crippen molar-refractivity contribution in [2.24, 2.45) is 5.73 Å². The van der Waals surface area contributed by atoms with Gasteiger partial charge in [0.2, 0.25) is 5.91 Å².